The van der Waals surface area contributed by atoms with Crippen molar-refractivity contribution in [3.8, 4) is 23.0 Å². The van der Waals surface area contributed by atoms with Crippen LogP contribution in [0.3, 0.4) is 0 Å². The number of oxazole rings is 1. The summed E-state index contributed by atoms with van der Waals surface area (Å²) in [7, 11) is 1.44. The maximum Gasteiger partial charge on any atom is 0.387 e. The Balaban J connectivity index is 1.62. The fourth-order valence-corrected chi connectivity index (χ4v) is 3.51. The molecule has 4 rings (SSSR count). The van der Waals surface area contributed by atoms with Gasteiger partial charge in [-0.05, 0) is 49.9 Å². The first-order valence-electron chi connectivity index (χ1n) is 11.3. The second-order valence-corrected chi connectivity index (χ2v) is 8.71. The van der Waals surface area contributed by atoms with E-state index >= 15 is 0 Å². The van der Waals surface area contributed by atoms with Crippen LogP contribution in [0.15, 0.2) is 40.8 Å². The molecule has 0 spiro atoms. The van der Waals surface area contributed by atoms with Gasteiger partial charge in [0.15, 0.2) is 23.0 Å². The van der Waals surface area contributed by atoms with Gasteiger partial charge in [-0.2, -0.15) is 8.78 Å². The van der Waals surface area contributed by atoms with Gasteiger partial charge in [0.2, 0.25) is 5.89 Å². The molecule has 0 saturated heterocycles. The van der Waals surface area contributed by atoms with Gasteiger partial charge in [0, 0.05) is 30.8 Å². The van der Waals surface area contributed by atoms with E-state index in [2.05, 4.69) is 9.72 Å². The van der Waals surface area contributed by atoms with Crippen molar-refractivity contribution in [1.82, 2.24) is 9.88 Å². The Labute approximate surface area is 204 Å². The van der Waals surface area contributed by atoms with E-state index in [0.717, 1.165) is 25.0 Å². The number of hydrogen-bond acceptors (Lipinski definition) is 6. The number of rotatable bonds is 10. The molecule has 1 aliphatic rings. The molecule has 3 aromatic rings. The Morgan fingerprint density at radius 1 is 1.19 bits per heavy atom. The zero-order valence-corrected chi connectivity index (χ0v) is 19.6. The number of carbonyl (C=O) groups excluding carboxylic acids is 1. The number of ether oxygens (including phenoxy) is 2. The van der Waals surface area contributed by atoms with Crippen LogP contribution in [0.25, 0.3) is 11.5 Å². The van der Waals surface area contributed by atoms with Crippen molar-refractivity contribution in [3.05, 3.63) is 65.1 Å². The van der Waals surface area contributed by atoms with Crippen molar-refractivity contribution in [2.75, 3.05) is 13.7 Å². The van der Waals surface area contributed by atoms with E-state index in [-0.39, 0.29) is 41.0 Å². The molecule has 36 heavy (non-hydrogen) atoms. The second-order valence-electron chi connectivity index (χ2n) is 8.71. The quantitative estimate of drug-likeness (QED) is 0.375. The number of alkyl halides is 2. The summed E-state index contributed by atoms with van der Waals surface area (Å²) in [4.78, 5) is 18.7. The van der Waals surface area contributed by atoms with Gasteiger partial charge in [0.25, 0.3) is 5.91 Å². The summed E-state index contributed by atoms with van der Waals surface area (Å²) in [5.74, 6) is -1.66. The molecule has 192 valence electrons. The van der Waals surface area contributed by atoms with Crippen LogP contribution >= 0.6 is 0 Å². The number of aromatic nitrogens is 1. The molecule has 1 aliphatic carbocycles. The maximum absolute atomic E-state index is 14.1. The Morgan fingerprint density at radius 3 is 2.58 bits per heavy atom. The highest BCUT2D eigenvalue weighted by Crippen LogP contribution is 2.37. The fraction of sp³-hybridized carbons (Fsp3) is 0.360. The highest BCUT2D eigenvalue weighted by atomic mass is 19.3. The van der Waals surface area contributed by atoms with Gasteiger partial charge in [0.05, 0.1) is 12.6 Å². The summed E-state index contributed by atoms with van der Waals surface area (Å²) < 4.78 is 69.0. The number of carbonyl (C=O) groups is 1. The highest BCUT2D eigenvalue weighted by Gasteiger charge is 2.27. The molecule has 1 saturated carbocycles. The zero-order valence-electron chi connectivity index (χ0n) is 19.6. The number of benzene rings is 2. The van der Waals surface area contributed by atoms with Gasteiger partial charge in [-0.3, -0.25) is 4.79 Å². The first-order chi connectivity index (χ1) is 17.1. The van der Waals surface area contributed by atoms with Gasteiger partial charge < -0.3 is 24.5 Å². The molecule has 2 aromatic carbocycles. The van der Waals surface area contributed by atoms with Gasteiger partial charge in [0.1, 0.15) is 11.6 Å². The van der Waals surface area contributed by atoms with E-state index in [1.807, 2.05) is 0 Å². The average Bonchev–Trinajstić information content (AvgIpc) is 3.54. The number of amides is 1. The van der Waals surface area contributed by atoms with Gasteiger partial charge in [-0.15, -0.1) is 0 Å². The lowest BCUT2D eigenvalue weighted by Gasteiger charge is -2.17. The zero-order chi connectivity index (χ0) is 26.0. The minimum Gasteiger partial charge on any atom is -0.489 e. The smallest absolute Gasteiger partial charge is 0.387 e. The summed E-state index contributed by atoms with van der Waals surface area (Å²) in [6.07, 6.45) is 2.01. The van der Waals surface area contributed by atoms with E-state index in [4.69, 9.17) is 14.9 Å². The molecule has 1 atom stereocenters. The summed E-state index contributed by atoms with van der Waals surface area (Å²) in [5, 5.41) is 0. The molecule has 0 radical (unpaired) electrons. The van der Waals surface area contributed by atoms with Crippen LogP contribution in [-0.2, 0) is 6.54 Å². The first-order valence-corrected chi connectivity index (χ1v) is 11.3. The molecule has 0 bridgehead atoms. The van der Waals surface area contributed by atoms with E-state index in [1.165, 1.54) is 36.2 Å². The first kappa shape index (κ1) is 25.5. The van der Waals surface area contributed by atoms with E-state index in [1.54, 1.807) is 6.92 Å². The third kappa shape index (κ3) is 5.96. The SMILES string of the molecule is CC(N)c1oc(-c2ccc(OC(F)F)c(OCC3CC3)c2)nc1C(=O)N(C)Cc1ccc(F)cc1F. The van der Waals surface area contributed by atoms with Crippen molar-refractivity contribution >= 4 is 5.91 Å². The van der Waals surface area contributed by atoms with Crippen LogP contribution in [0.4, 0.5) is 17.6 Å². The average molecular weight is 507 g/mol. The Morgan fingerprint density at radius 2 is 1.94 bits per heavy atom. The van der Waals surface area contributed by atoms with Crippen molar-refractivity contribution in [2.45, 2.75) is 39.0 Å². The Bertz CT molecular complexity index is 1240. The number of nitrogens with zero attached hydrogens (tertiary/aromatic N) is 2. The van der Waals surface area contributed by atoms with Crippen LogP contribution in [-0.4, -0.2) is 36.1 Å². The monoisotopic (exact) mass is 507 g/mol. The third-order valence-electron chi connectivity index (χ3n) is 5.62. The van der Waals surface area contributed by atoms with Crippen LogP contribution in [0.5, 0.6) is 11.5 Å². The lowest BCUT2D eigenvalue weighted by Crippen LogP contribution is -2.28. The fourth-order valence-electron chi connectivity index (χ4n) is 3.51. The summed E-state index contributed by atoms with van der Waals surface area (Å²) in [5.41, 5.74) is 6.39. The summed E-state index contributed by atoms with van der Waals surface area (Å²) in [6.45, 7) is -1.22. The number of hydrogen-bond donors (Lipinski definition) is 1. The lowest BCUT2D eigenvalue weighted by atomic mass is 10.1. The van der Waals surface area contributed by atoms with Gasteiger partial charge in [-0.25, -0.2) is 13.8 Å². The lowest BCUT2D eigenvalue weighted by molar-refractivity contribution is -0.0515. The van der Waals surface area contributed by atoms with Crippen LogP contribution in [0.1, 0.15) is 47.6 Å². The van der Waals surface area contributed by atoms with Gasteiger partial charge >= 0.3 is 6.61 Å². The van der Waals surface area contributed by atoms with Crippen molar-refractivity contribution in [1.29, 1.82) is 0 Å². The van der Waals surface area contributed by atoms with E-state index in [9.17, 15) is 22.4 Å². The predicted octanol–water partition coefficient (Wildman–Crippen LogP) is 5.30. The molecular weight excluding hydrogens is 482 g/mol. The van der Waals surface area contributed by atoms with Crippen molar-refractivity contribution in [3.63, 3.8) is 0 Å². The van der Waals surface area contributed by atoms with Crippen LogP contribution < -0.4 is 15.2 Å². The molecule has 1 fully saturated rings. The number of nitrogens with two attached hydrogens (primary N) is 1. The predicted molar refractivity (Wildman–Crippen MR) is 122 cm³/mol. The third-order valence-corrected chi connectivity index (χ3v) is 5.62. The van der Waals surface area contributed by atoms with Gasteiger partial charge in [-0.1, -0.05) is 6.07 Å². The highest BCUT2D eigenvalue weighted by molar-refractivity contribution is 5.93. The molecule has 11 heteroatoms. The summed E-state index contributed by atoms with van der Waals surface area (Å²) in [6, 6.07) is 6.58. The second kappa shape index (κ2) is 10.6. The van der Waals surface area contributed by atoms with Crippen molar-refractivity contribution in [2.24, 2.45) is 11.7 Å². The largest absolute Gasteiger partial charge is 0.489 e. The van der Waals surface area contributed by atoms with E-state index in [0.29, 0.717) is 18.1 Å². The molecule has 1 unspecified atom stereocenters. The molecular formula is C25H25F4N3O4. The molecule has 1 heterocycles. The maximum atomic E-state index is 14.1. The van der Waals surface area contributed by atoms with Crippen molar-refractivity contribution < 1.29 is 36.2 Å². The van der Waals surface area contributed by atoms with Crippen LogP contribution in [0.2, 0.25) is 0 Å². The molecule has 2 N–H and O–H groups in total. The summed E-state index contributed by atoms with van der Waals surface area (Å²) >= 11 is 0. The van der Waals surface area contributed by atoms with E-state index < -0.39 is 30.2 Å². The molecule has 7 nitrogen and oxygen atoms in total. The molecule has 1 amide bonds. The Hall–Kier alpha value is -3.60. The molecule has 0 aliphatic heterocycles. The normalized spacial score (nSPS) is 14.1. The standard InChI is InChI=1S/C25H25F4N3O4/c1-13(30)22-21(24(33)32(2)11-16-5-7-17(26)10-18(16)27)31-23(36-22)15-6-8-19(35-25(28)29)20(9-15)34-12-14-3-4-14/h5-10,13-14,25H,3-4,11-12,30H2,1-2H3. The molecule has 1 aromatic heterocycles. The minimum atomic E-state index is -3.03. The van der Waals surface area contributed by atoms with Crippen LogP contribution in [0, 0.1) is 17.6 Å². The number of halogens is 4. The minimum absolute atomic E-state index is 0.0203. The topological polar surface area (TPSA) is 90.8 Å². The Kier molecular flexibility index (Phi) is 7.48.